The quantitative estimate of drug-likeness (QED) is 0.619. The van der Waals surface area contributed by atoms with Crippen LogP contribution in [0.25, 0.3) is 0 Å². The molecule has 2 aliphatic carbocycles. The molecule has 0 saturated heterocycles. The number of fused-ring (bicyclic) bond motifs is 2. The molecule has 2 rings (SSSR count). The lowest BCUT2D eigenvalue weighted by Crippen LogP contribution is -2.40. The van der Waals surface area contributed by atoms with Crippen molar-refractivity contribution in [2.75, 3.05) is 0 Å². The third kappa shape index (κ3) is 3.00. The Morgan fingerprint density at radius 2 is 2.00 bits per heavy atom. The van der Waals surface area contributed by atoms with Crippen molar-refractivity contribution in [3.63, 3.8) is 0 Å². The molecule has 2 aliphatic rings. The van der Waals surface area contributed by atoms with Gasteiger partial charge in [-0.2, -0.15) is 0 Å². The summed E-state index contributed by atoms with van der Waals surface area (Å²) in [6.45, 7) is 3.84. The van der Waals surface area contributed by atoms with Gasteiger partial charge in [0.15, 0.2) is 0 Å². The number of rotatable bonds is 4. The van der Waals surface area contributed by atoms with Crippen molar-refractivity contribution in [1.82, 2.24) is 0 Å². The minimum atomic E-state index is -2.43. The van der Waals surface area contributed by atoms with Crippen LogP contribution in [0.2, 0.25) is 0 Å². The highest BCUT2D eigenvalue weighted by molar-refractivity contribution is 4.95. The van der Waals surface area contributed by atoms with Gasteiger partial charge in [-0.15, -0.1) is 0 Å². The zero-order valence-corrected chi connectivity index (χ0v) is 11.3. The van der Waals surface area contributed by atoms with E-state index >= 15 is 0 Å². The fraction of sp³-hybridized carbons (Fsp3) is 1.00. The number of halogens is 2. The Balaban J connectivity index is 2.10. The van der Waals surface area contributed by atoms with Crippen molar-refractivity contribution >= 4 is 0 Å². The van der Waals surface area contributed by atoms with Crippen LogP contribution in [0.4, 0.5) is 8.78 Å². The largest absolute Gasteiger partial charge is 0.248 e. The van der Waals surface area contributed by atoms with Gasteiger partial charge >= 0.3 is 0 Å². The Morgan fingerprint density at radius 3 is 2.65 bits per heavy atom. The van der Waals surface area contributed by atoms with E-state index in [0.717, 1.165) is 25.2 Å². The molecule has 0 N–H and O–H groups in total. The Morgan fingerprint density at radius 1 is 1.24 bits per heavy atom. The first-order valence-electron chi connectivity index (χ1n) is 7.36. The molecule has 3 atom stereocenters. The Hall–Kier alpha value is -0.140. The van der Waals surface area contributed by atoms with E-state index in [-0.39, 0.29) is 18.3 Å². The van der Waals surface area contributed by atoms with Crippen molar-refractivity contribution < 1.29 is 8.78 Å². The summed E-state index contributed by atoms with van der Waals surface area (Å²) in [5.74, 6) is -0.978. The third-order valence-corrected chi connectivity index (χ3v) is 5.16. The molecular weight excluding hydrogens is 218 g/mol. The summed E-state index contributed by atoms with van der Waals surface area (Å²) in [6.07, 6.45) is 8.31. The van der Waals surface area contributed by atoms with E-state index in [1.54, 1.807) is 6.92 Å². The van der Waals surface area contributed by atoms with Crippen LogP contribution >= 0.6 is 0 Å². The Bertz CT molecular complexity index is 262. The van der Waals surface area contributed by atoms with Crippen molar-refractivity contribution in [1.29, 1.82) is 0 Å². The van der Waals surface area contributed by atoms with E-state index in [4.69, 9.17) is 0 Å². The van der Waals surface area contributed by atoms with Crippen molar-refractivity contribution in [3.8, 4) is 0 Å². The summed E-state index contributed by atoms with van der Waals surface area (Å²) in [5, 5.41) is 0. The molecule has 2 bridgehead atoms. The Kier molecular flexibility index (Phi) is 3.80. The second-order valence-corrected chi connectivity index (χ2v) is 6.56. The van der Waals surface area contributed by atoms with Gasteiger partial charge in [0.25, 0.3) is 0 Å². The van der Waals surface area contributed by atoms with Gasteiger partial charge in [-0.3, -0.25) is 0 Å². The van der Waals surface area contributed by atoms with E-state index in [0.29, 0.717) is 5.92 Å². The molecule has 0 amide bonds. The number of hydrogen-bond acceptors (Lipinski definition) is 0. The summed E-state index contributed by atoms with van der Waals surface area (Å²) in [7, 11) is 0. The highest BCUT2D eigenvalue weighted by Crippen LogP contribution is 2.56. The van der Waals surface area contributed by atoms with Crippen molar-refractivity contribution in [2.24, 2.45) is 17.3 Å². The molecule has 2 heteroatoms. The van der Waals surface area contributed by atoms with E-state index in [9.17, 15) is 8.78 Å². The predicted octanol–water partition coefficient (Wildman–Crippen LogP) is 5.42. The molecule has 100 valence electrons. The van der Waals surface area contributed by atoms with Gasteiger partial charge in [0.2, 0.25) is 5.92 Å². The summed E-state index contributed by atoms with van der Waals surface area (Å²) in [6, 6.07) is 0. The lowest BCUT2D eigenvalue weighted by Gasteiger charge is -2.49. The highest BCUT2D eigenvalue weighted by atomic mass is 19.3. The first-order valence-corrected chi connectivity index (χ1v) is 7.36. The Labute approximate surface area is 104 Å². The lowest BCUT2D eigenvalue weighted by atomic mass is 9.56. The highest BCUT2D eigenvalue weighted by Gasteiger charge is 2.47. The van der Waals surface area contributed by atoms with Crippen molar-refractivity contribution in [2.45, 2.75) is 77.6 Å². The van der Waals surface area contributed by atoms with Crippen molar-refractivity contribution in [3.05, 3.63) is 0 Å². The number of alkyl halides is 2. The predicted molar refractivity (Wildman–Crippen MR) is 67.3 cm³/mol. The molecular formula is C15H26F2. The zero-order chi connectivity index (χ0) is 12.5. The van der Waals surface area contributed by atoms with Crippen LogP contribution in [-0.4, -0.2) is 5.92 Å². The summed E-state index contributed by atoms with van der Waals surface area (Å²) in [4.78, 5) is 0. The minimum absolute atomic E-state index is 0.0101. The van der Waals surface area contributed by atoms with Gasteiger partial charge < -0.3 is 0 Å². The van der Waals surface area contributed by atoms with Crippen LogP contribution in [0.1, 0.15) is 71.6 Å². The fourth-order valence-electron chi connectivity index (χ4n) is 4.35. The van der Waals surface area contributed by atoms with Gasteiger partial charge in [0, 0.05) is 12.8 Å². The van der Waals surface area contributed by atoms with Gasteiger partial charge in [-0.25, -0.2) is 8.78 Å². The van der Waals surface area contributed by atoms with Crippen LogP contribution in [0, 0.1) is 17.3 Å². The molecule has 0 heterocycles. The molecule has 0 spiro atoms. The summed E-state index contributed by atoms with van der Waals surface area (Å²) in [5.41, 5.74) is -0.0125. The van der Waals surface area contributed by atoms with Crippen LogP contribution < -0.4 is 0 Å². The second kappa shape index (κ2) is 4.85. The fourth-order valence-corrected chi connectivity index (χ4v) is 4.35. The molecule has 17 heavy (non-hydrogen) atoms. The first kappa shape index (κ1) is 13.3. The molecule has 2 fully saturated rings. The smallest absolute Gasteiger partial charge is 0.207 e. The van der Waals surface area contributed by atoms with Crippen LogP contribution in [-0.2, 0) is 0 Å². The molecule has 3 unspecified atom stereocenters. The van der Waals surface area contributed by atoms with Gasteiger partial charge in [-0.05, 0) is 42.9 Å². The van der Waals surface area contributed by atoms with Crippen LogP contribution in [0.15, 0.2) is 0 Å². The maximum atomic E-state index is 13.8. The van der Waals surface area contributed by atoms with E-state index in [2.05, 4.69) is 6.92 Å². The van der Waals surface area contributed by atoms with Gasteiger partial charge in [-0.1, -0.05) is 33.1 Å². The molecule has 2 saturated carbocycles. The monoisotopic (exact) mass is 244 g/mol. The van der Waals surface area contributed by atoms with E-state index < -0.39 is 5.92 Å². The molecule has 0 radical (unpaired) electrons. The topological polar surface area (TPSA) is 0 Å². The van der Waals surface area contributed by atoms with Gasteiger partial charge in [0.1, 0.15) is 0 Å². The first-order chi connectivity index (χ1) is 7.99. The molecule has 0 aliphatic heterocycles. The van der Waals surface area contributed by atoms with Gasteiger partial charge in [0.05, 0.1) is 0 Å². The van der Waals surface area contributed by atoms with Crippen LogP contribution in [0.3, 0.4) is 0 Å². The standard InChI is InChI=1S/C15H26F2/c1-3-12-8-13-6-5-7-14(9-12,10-13)11-15(16,17)4-2/h12-13H,3-11H2,1-2H3. The normalized spacial score (nSPS) is 38.1. The molecule has 0 aromatic carbocycles. The summed E-state index contributed by atoms with van der Waals surface area (Å²) < 4.78 is 27.5. The summed E-state index contributed by atoms with van der Waals surface area (Å²) >= 11 is 0. The van der Waals surface area contributed by atoms with E-state index in [1.165, 1.54) is 25.7 Å². The average molecular weight is 244 g/mol. The second-order valence-electron chi connectivity index (χ2n) is 6.56. The molecule has 0 aromatic rings. The van der Waals surface area contributed by atoms with E-state index in [1.807, 2.05) is 0 Å². The minimum Gasteiger partial charge on any atom is -0.207 e. The zero-order valence-electron chi connectivity index (χ0n) is 11.3. The maximum Gasteiger partial charge on any atom is 0.248 e. The third-order valence-electron chi connectivity index (χ3n) is 5.16. The SMILES string of the molecule is CCC1CC2CCCC(CC(F)(F)CC)(C1)C2. The average Bonchev–Trinajstić information content (AvgIpc) is 2.27. The maximum absolute atomic E-state index is 13.8. The van der Waals surface area contributed by atoms with Crippen LogP contribution in [0.5, 0.6) is 0 Å². The molecule has 0 nitrogen and oxygen atoms in total. The number of hydrogen-bond donors (Lipinski definition) is 0. The molecule has 0 aromatic heterocycles. The lowest BCUT2D eigenvalue weighted by molar-refractivity contribution is -0.0855.